The van der Waals surface area contributed by atoms with Gasteiger partial charge in [0.2, 0.25) is 0 Å². The predicted octanol–water partition coefficient (Wildman–Crippen LogP) is 14.8. The van der Waals surface area contributed by atoms with Crippen molar-refractivity contribution in [2.75, 3.05) is 0 Å². The minimum absolute atomic E-state index is 0.166. The first-order chi connectivity index (χ1) is 28.3. The molecule has 9 aromatic rings. The zero-order valence-corrected chi connectivity index (χ0v) is 31.5. The summed E-state index contributed by atoms with van der Waals surface area (Å²) < 4.78 is 6.62. The molecule has 1 atom stereocenters. The molecule has 0 N–H and O–H groups in total. The molecule has 0 saturated carbocycles. The molecule has 0 amide bonds. The van der Waals surface area contributed by atoms with Gasteiger partial charge in [0.1, 0.15) is 11.2 Å². The second kappa shape index (κ2) is 13.9. The molecule has 8 aromatic carbocycles. The number of nitrogens with zero attached hydrogens (tertiary/aromatic N) is 1. The molecule has 11 rings (SSSR count). The maximum absolute atomic E-state index is 6.62. The van der Waals surface area contributed by atoms with Crippen molar-refractivity contribution >= 4 is 66.0 Å². The SMILES string of the molecule is C1=C(c2ccccc2)c2ccccc2C(/C2=N/C(c3ccccc3-c3cc4ccccc4c4ccccc34)=C\C(c3cccc4c3oc3ccccc34)=C/CC2)C1. The van der Waals surface area contributed by atoms with Crippen molar-refractivity contribution in [3.63, 3.8) is 0 Å². The van der Waals surface area contributed by atoms with E-state index in [9.17, 15) is 0 Å². The summed E-state index contributed by atoms with van der Waals surface area (Å²) in [7, 11) is 0. The number of allylic oxidation sites excluding steroid dienone is 4. The Balaban J connectivity index is 1.13. The van der Waals surface area contributed by atoms with Crippen LogP contribution in [0, 0.1) is 0 Å². The summed E-state index contributed by atoms with van der Waals surface area (Å²) >= 11 is 0. The Morgan fingerprint density at radius 3 is 2.04 bits per heavy atom. The highest BCUT2D eigenvalue weighted by Gasteiger charge is 2.27. The van der Waals surface area contributed by atoms with Crippen molar-refractivity contribution in [3.05, 3.63) is 222 Å². The lowest BCUT2D eigenvalue weighted by molar-refractivity contribution is 0.668. The van der Waals surface area contributed by atoms with Crippen molar-refractivity contribution in [1.82, 2.24) is 0 Å². The van der Waals surface area contributed by atoms with Crippen LogP contribution in [0.2, 0.25) is 0 Å². The molecule has 2 heteroatoms. The van der Waals surface area contributed by atoms with E-state index in [1.54, 1.807) is 0 Å². The first kappa shape index (κ1) is 33.3. The van der Waals surface area contributed by atoms with Crippen LogP contribution in [0.3, 0.4) is 0 Å². The Morgan fingerprint density at radius 1 is 0.491 bits per heavy atom. The minimum atomic E-state index is 0.166. The molecule has 1 unspecified atom stereocenters. The van der Waals surface area contributed by atoms with Crippen molar-refractivity contribution in [2.24, 2.45) is 4.99 Å². The van der Waals surface area contributed by atoms with Crippen LogP contribution in [0.15, 0.2) is 204 Å². The summed E-state index contributed by atoms with van der Waals surface area (Å²) in [4.78, 5) is 5.83. The maximum atomic E-state index is 6.62. The van der Waals surface area contributed by atoms with Crippen molar-refractivity contribution in [3.8, 4) is 11.1 Å². The van der Waals surface area contributed by atoms with Crippen LogP contribution in [0.5, 0.6) is 0 Å². The van der Waals surface area contributed by atoms with E-state index in [1.165, 1.54) is 60.6 Å². The molecule has 2 nitrogen and oxygen atoms in total. The van der Waals surface area contributed by atoms with Gasteiger partial charge in [-0.05, 0) is 98.0 Å². The lowest BCUT2D eigenvalue weighted by Crippen LogP contribution is -2.18. The summed E-state index contributed by atoms with van der Waals surface area (Å²) in [5.41, 5.74) is 14.9. The van der Waals surface area contributed by atoms with E-state index in [4.69, 9.17) is 9.41 Å². The van der Waals surface area contributed by atoms with E-state index in [2.05, 4.69) is 188 Å². The normalized spacial score (nSPS) is 18.5. The number of benzene rings is 8. The number of furan rings is 1. The number of aliphatic imine (C=N–C) groups is 1. The summed E-state index contributed by atoms with van der Waals surface area (Å²) in [6.45, 7) is 0. The molecular formula is C55H39NO. The van der Waals surface area contributed by atoms with Gasteiger partial charge in [-0.15, -0.1) is 0 Å². The third-order valence-corrected chi connectivity index (χ3v) is 12.0. The Morgan fingerprint density at radius 2 is 1.16 bits per heavy atom. The van der Waals surface area contributed by atoms with E-state index in [0.717, 1.165) is 63.6 Å². The molecule has 0 radical (unpaired) electrons. The molecule has 270 valence electrons. The second-order valence-corrected chi connectivity index (χ2v) is 15.2. The minimum Gasteiger partial charge on any atom is -0.455 e. The first-order valence-corrected chi connectivity index (χ1v) is 20.0. The largest absolute Gasteiger partial charge is 0.455 e. The fourth-order valence-electron chi connectivity index (χ4n) is 9.32. The Bertz CT molecular complexity index is 3150. The maximum Gasteiger partial charge on any atom is 0.143 e. The second-order valence-electron chi connectivity index (χ2n) is 15.2. The molecule has 0 saturated heterocycles. The van der Waals surface area contributed by atoms with E-state index < -0.39 is 0 Å². The standard InChI is InChI=1S/C55H39NO/c1-2-16-36(17-3-1)40-32-33-48(44-23-8-6-22-43(40)44)52-30-14-19-38(41-28-15-29-50-49-27-12-13-31-54(49)57-55(41)50)35-53(56-52)47-26-11-10-25-46(47)51-34-37-18-4-5-20-39(37)42-21-7-9-24-45(42)51/h1-13,15-29,31-32,34-35,48H,14,30,33H2/b38-19+,53-35-,56-52+. The highest BCUT2D eigenvalue weighted by molar-refractivity contribution is 6.15. The van der Waals surface area contributed by atoms with Crippen LogP contribution < -0.4 is 0 Å². The van der Waals surface area contributed by atoms with E-state index in [-0.39, 0.29) is 5.92 Å². The van der Waals surface area contributed by atoms with Crippen LogP contribution in [0.4, 0.5) is 0 Å². The summed E-state index contributed by atoms with van der Waals surface area (Å²) in [5.74, 6) is 0.166. The van der Waals surface area contributed by atoms with Gasteiger partial charge in [-0.2, -0.15) is 0 Å². The third-order valence-electron chi connectivity index (χ3n) is 12.0. The van der Waals surface area contributed by atoms with E-state index in [1.807, 2.05) is 6.07 Å². The van der Waals surface area contributed by atoms with Gasteiger partial charge in [0, 0.05) is 33.5 Å². The lowest BCUT2D eigenvalue weighted by atomic mass is 9.77. The molecule has 2 aliphatic rings. The fraction of sp³-hybridized carbons (Fsp3) is 0.0727. The van der Waals surface area contributed by atoms with Crippen LogP contribution in [0.25, 0.3) is 71.5 Å². The van der Waals surface area contributed by atoms with Gasteiger partial charge >= 0.3 is 0 Å². The molecular weight excluding hydrogens is 691 g/mol. The van der Waals surface area contributed by atoms with Gasteiger partial charge in [0.15, 0.2) is 0 Å². The molecule has 0 spiro atoms. The van der Waals surface area contributed by atoms with E-state index >= 15 is 0 Å². The average molecular weight is 730 g/mol. The molecule has 0 bridgehead atoms. The highest BCUT2D eigenvalue weighted by atomic mass is 16.3. The van der Waals surface area contributed by atoms with Gasteiger partial charge in [-0.1, -0.05) is 176 Å². The van der Waals surface area contributed by atoms with Crippen molar-refractivity contribution in [2.45, 2.75) is 25.2 Å². The lowest BCUT2D eigenvalue weighted by Gasteiger charge is -2.28. The van der Waals surface area contributed by atoms with Gasteiger partial charge in [0.25, 0.3) is 0 Å². The van der Waals surface area contributed by atoms with E-state index in [0.29, 0.717) is 0 Å². The van der Waals surface area contributed by atoms with Crippen molar-refractivity contribution < 1.29 is 4.42 Å². The molecule has 2 heterocycles. The molecule has 57 heavy (non-hydrogen) atoms. The average Bonchev–Trinajstić information content (AvgIpc) is 3.66. The fourth-order valence-corrected chi connectivity index (χ4v) is 9.32. The van der Waals surface area contributed by atoms with Gasteiger partial charge in [0.05, 0.1) is 5.70 Å². The highest BCUT2D eigenvalue weighted by Crippen LogP contribution is 2.44. The van der Waals surface area contributed by atoms with Crippen molar-refractivity contribution in [1.29, 1.82) is 0 Å². The number of hydrogen-bond donors (Lipinski definition) is 0. The number of para-hydroxylation sites is 2. The van der Waals surface area contributed by atoms with Gasteiger partial charge < -0.3 is 4.42 Å². The number of hydrogen-bond acceptors (Lipinski definition) is 2. The topological polar surface area (TPSA) is 25.5 Å². The zero-order chi connectivity index (χ0) is 37.7. The Labute approximate surface area is 332 Å². The molecule has 1 aliphatic heterocycles. The number of rotatable bonds is 5. The summed E-state index contributed by atoms with van der Waals surface area (Å²) in [5, 5.41) is 7.26. The monoisotopic (exact) mass is 729 g/mol. The Hall–Kier alpha value is -7.03. The summed E-state index contributed by atoms with van der Waals surface area (Å²) in [6.07, 6.45) is 9.80. The van der Waals surface area contributed by atoms with Crippen LogP contribution in [0.1, 0.15) is 53.0 Å². The smallest absolute Gasteiger partial charge is 0.143 e. The molecule has 1 aliphatic carbocycles. The van der Waals surface area contributed by atoms with Crippen LogP contribution in [-0.4, -0.2) is 5.71 Å². The predicted molar refractivity (Wildman–Crippen MR) is 241 cm³/mol. The number of fused-ring (bicyclic) bond motifs is 7. The molecule has 1 aromatic heterocycles. The molecule has 0 fully saturated rings. The zero-order valence-electron chi connectivity index (χ0n) is 31.5. The quantitative estimate of drug-likeness (QED) is 0.162. The van der Waals surface area contributed by atoms with Gasteiger partial charge in [-0.3, -0.25) is 4.99 Å². The van der Waals surface area contributed by atoms with Crippen LogP contribution >= 0.6 is 0 Å². The third kappa shape index (κ3) is 5.76. The summed E-state index contributed by atoms with van der Waals surface area (Å²) in [6, 6.07) is 63.4. The first-order valence-electron chi connectivity index (χ1n) is 20.0. The van der Waals surface area contributed by atoms with Crippen LogP contribution in [-0.2, 0) is 0 Å². The van der Waals surface area contributed by atoms with Gasteiger partial charge in [-0.25, -0.2) is 0 Å². The Kier molecular flexibility index (Phi) is 8.14.